The maximum Gasteiger partial charge on any atom is 0.151 e. The predicted octanol–water partition coefficient (Wildman–Crippen LogP) is 5.18. The van der Waals surface area contributed by atoms with Gasteiger partial charge in [0.15, 0.2) is 6.29 Å². The van der Waals surface area contributed by atoms with Crippen LogP contribution < -0.4 is 0 Å². The fourth-order valence-corrected chi connectivity index (χ4v) is 3.23. The summed E-state index contributed by atoms with van der Waals surface area (Å²) in [4.78, 5) is 11.7. The van der Waals surface area contributed by atoms with E-state index in [1.165, 1.54) is 11.1 Å². The van der Waals surface area contributed by atoms with Crippen LogP contribution in [-0.2, 0) is 0 Å². The highest BCUT2D eigenvalue weighted by Gasteiger charge is 2.16. The Hall–Kier alpha value is -2.35. The van der Waals surface area contributed by atoms with Crippen LogP contribution in [-0.4, -0.2) is 10.9 Å². The lowest BCUT2D eigenvalue weighted by Gasteiger charge is -2.15. The molecular weight excluding hydrogens is 270 g/mol. The lowest BCUT2D eigenvalue weighted by Crippen LogP contribution is -2.01. The molecule has 2 heteroatoms. The summed E-state index contributed by atoms with van der Waals surface area (Å²) in [7, 11) is 0. The first-order valence-corrected chi connectivity index (χ1v) is 7.70. The summed E-state index contributed by atoms with van der Waals surface area (Å²) in [5.41, 5.74) is 6.67. The lowest BCUT2D eigenvalue weighted by molar-refractivity contribution is 0.112. The van der Waals surface area contributed by atoms with E-state index in [1.54, 1.807) is 0 Å². The average molecular weight is 291 g/mol. The monoisotopic (exact) mass is 291 g/mol. The van der Waals surface area contributed by atoms with E-state index < -0.39 is 0 Å². The van der Waals surface area contributed by atoms with Gasteiger partial charge in [0.05, 0.1) is 5.52 Å². The first-order valence-electron chi connectivity index (χ1n) is 7.70. The molecule has 0 bridgehead atoms. The number of hydrogen-bond donors (Lipinski definition) is 0. The molecule has 0 saturated carbocycles. The standard InChI is InChI=1S/C20H21NO/c1-13(2)17-11-15(4)20-16(18(17)12-22)9-10-21(20)19-8-6-5-7-14(19)3/h5-13H,1-4H3. The third-order valence-corrected chi connectivity index (χ3v) is 4.35. The van der Waals surface area contributed by atoms with E-state index in [0.717, 1.165) is 34.0 Å². The summed E-state index contributed by atoms with van der Waals surface area (Å²) in [5.74, 6) is 0.338. The van der Waals surface area contributed by atoms with E-state index in [9.17, 15) is 4.79 Å². The molecule has 3 rings (SSSR count). The minimum absolute atomic E-state index is 0.338. The molecule has 0 aliphatic rings. The molecule has 0 aliphatic carbocycles. The number of carbonyl (C=O) groups excluding carboxylic acids is 1. The van der Waals surface area contributed by atoms with E-state index in [2.05, 4.69) is 62.7 Å². The van der Waals surface area contributed by atoms with Crippen molar-refractivity contribution in [1.29, 1.82) is 0 Å². The van der Waals surface area contributed by atoms with Gasteiger partial charge in [-0.1, -0.05) is 38.1 Å². The normalized spacial score (nSPS) is 11.3. The second kappa shape index (κ2) is 5.45. The van der Waals surface area contributed by atoms with Gasteiger partial charge in [0.25, 0.3) is 0 Å². The largest absolute Gasteiger partial charge is 0.316 e. The number of benzene rings is 2. The highest BCUT2D eigenvalue weighted by Crippen LogP contribution is 2.32. The third kappa shape index (κ3) is 2.16. The fraction of sp³-hybridized carbons (Fsp3) is 0.250. The van der Waals surface area contributed by atoms with Gasteiger partial charge < -0.3 is 4.57 Å². The number of rotatable bonds is 3. The average Bonchev–Trinajstić information content (AvgIpc) is 2.93. The maximum absolute atomic E-state index is 11.7. The van der Waals surface area contributed by atoms with Gasteiger partial charge in [0, 0.05) is 22.8 Å². The van der Waals surface area contributed by atoms with E-state index in [4.69, 9.17) is 0 Å². The van der Waals surface area contributed by atoms with Gasteiger partial charge in [0.2, 0.25) is 0 Å². The SMILES string of the molecule is Cc1ccccc1-n1ccc2c(C=O)c(C(C)C)cc(C)c21. The molecule has 0 unspecified atom stereocenters. The van der Waals surface area contributed by atoms with Gasteiger partial charge >= 0.3 is 0 Å². The first kappa shape index (κ1) is 14.6. The van der Waals surface area contributed by atoms with Crippen molar-refractivity contribution in [1.82, 2.24) is 4.57 Å². The molecule has 112 valence electrons. The summed E-state index contributed by atoms with van der Waals surface area (Å²) in [6, 6.07) is 12.5. The van der Waals surface area contributed by atoms with Crippen molar-refractivity contribution in [2.24, 2.45) is 0 Å². The first-order chi connectivity index (χ1) is 10.5. The zero-order valence-corrected chi connectivity index (χ0v) is 13.6. The molecule has 0 N–H and O–H groups in total. The van der Waals surface area contributed by atoms with Gasteiger partial charge in [-0.15, -0.1) is 0 Å². The highest BCUT2D eigenvalue weighted by molar-refractivity contribution is 6.01. The van der Waals surface area contributed by atoms with Crippen molar-refractivity contribution >= 4 is 17.2 Å². The molecule has 0 fully saturated rings. The van der Waals surface area contributed by atoms with Crippen molar-refractivity contribution < 1.29 is 4.79 Å². The number of nitrogens with zero attached hydrogens (tertiary/aromatic N) is 1. The molecule has 0 spiro atoms. The van der Waals surface area contributed by atoms with Crippen molar-refractivity contribution in [3.8, 4) is 5.69 Å². The highest BCUT2D eigenvalue weighted by atomic mass is 16.1. The fourth-order valence-electron chi connectivity index (χ4n) is 3.23. The van der Waals surface area contributed by atoms with Crippen LogP contribution in [0.15, 0.2) is 42.6 Å². The summed E-state index contributed by atoms with van der Waals surface area (Å²) in [5, 5.41) is 1.04. The van der Waals surface area contributed by atoms with E-state index in [-0.39, 0.29) is 0 Å². The molecule has 2 aromatic carbocycles. The molecule has 0 amide bonds. The minimum atomic E-state index is 0.338. The Morgan fingerprint density at radius 3 is 2.41 bits per heavy atom. The van der Waals surface area contributed by atoms with E-state index in [0.29, 0.717) is 5.92 Å². The summed E-state index contributed by atoms with van der Waals surface area (Å²) >= 11 is 0. The second-order valence-electron chi connectivity index (χ2n) is 6.20. The Kier molecular flexibility index (Phi) is 3.61. The van der Waals surface area contributed by atoms with Crippen LogP contribution in [0.1, 0.15) is 46.8 Å². The van der Waals surface area contributed by atoms with Crippen LogP contribution in [0.4, 0.5) is 0 Å². The number of hydrogen-bond acceptors (Lipinski definition) is 1. The van der Waals surface area contributed by atoms with Crippen LogP contribution in [0.3, 0.4) is 0 Å². The Morgan fingerprint density at radius 2 is 1.77 bits per heavy atom. The number of aldehydes is 1. The van der Waals surface area contributed by atoms with Gasteiger partial charge in [-0.3, -0.25) is 4.79 Å². The molecule has 1 heterocycles. The second-order valence-corrected chi connectivity index (χ2v) is 6.20. The topological polar surface area (TPSA) is 22.0 Å². The van der Waals surface area contributed by atoms with Gasteiger partial charge in [-0.2, -0.15) is 0 Å². The number of aryl methyl sites for hydroxylation is 2. The molecule has 3 aromatic rings. The van der Waals surface area contributed by atoms with Gasteiger partial charge in [-0.05, 0) is 48.6 Å². The van der Waals surface area contributed by atoms with Crippen LogP contribution in [0.2, 0.25) is 0 Å². The van der Waals surface area contributed by atoms with Crippen molar-refractivity contribution in [3.63, 3.8) is 0 Å². The van der Waals surface area contributed by atoms with Crippen LogP contribution in [0, 0.1) is 13.8 Å². The molecule has 1 aromatic heterocycles. The van der Waals surface area contributed by atoms with Gasteiger partial charge in [-0.25, -0.2) is 0 Å². The Labute approximate surface area is 131 Å². The van der Waals surface area contributed by atoms with E-state index in [1.807, 2.05) is 12.1 Å². The number of carbonyl (C=O) groups is 1. The predicted molar refractivity (Wildman–Crippen MR) is 92.2 cm³/mol. The maximum atomic E-state index is 11.7. The zero-order chi connectivity index (χ0) is 15.9. The Balaban J connectivity index is 2.38. The smallest absolute Gasteiger partial charge is 0.151 e. The number of aromatic nitrogens is 1. The van der Waals surface area contributed by atoms with Crippen LogP contribution in [0.5, 0.6) is 0 Å². The zero-order valence-electron chi connectivity index (χ0n) is 13.6. The third-order valence-electron chi connectivity index (χ3n) is 4.35. The van der Waals surface area contributed by atoms with Crippen molar-refractivity contribution in [2.75, 3.05) is 0 Å². The number of para-hydroxylation sites is 1. The van der Waals surface area contributed by atoms with Crippen LogP contribution >= 0.6 is 0 Å². The molecule has 0 saturated heterocycles. The molecule has 0 aliphatic heterocycles. The molecule has 0 radical (unpaired) electrons. The summed E-state index contributed by atoms with van der Waals surface area (Å²) < 4.78 is 2.19. The van der Waals surface area contributed by atoms with Crippen LogP contribution in [0.25, 0.3) is 16.6 Å². The van der Waals surface area contributed by atoms with Crippen molar-refractivity contribution in [3.05, 3.63) is 64.8 Å². The van der Waals surface area contributed by atoms with E-state index >= 15 is 0 Å². The molecule has 2 nitrogen and oxygen atoms in total. The molecular formula is C20H21NO. The quantitative estimate of drug-likeness (QED) is 0.609. The van der Waals surface area contributed by atoms with Crippen molar-refractivity contribution in [2.45, 2.75) is 33.6 Å². The minimum Gasteiger partial charge on any atom is -0.316 e. The lowest BCUT2D eigenvalue weighted by atomic mass is 9.93. The van der Waals surface area contributed by atoms with Gasteiger partial charge in [0.1, 0.15) is 0 Å². The summed E-state index contributed by atoms with van der Waals surface area (Å²) in [6.07, 6.45) is 3.07. The summed E-state index contributed by atoms with van der Waals surface area (Å²) in [6.45, 7) is 8.50. The molecule has 0 atom stereocenters. The number of fused-ring (bicyclic) bond motifs is 1. The Bertz CT molecular complexity index is 856. The molecule has 22 heavy (non-hydrogen) atoms. The Morgan fingerprint density at radius 1 is 1.05 bits per heavy atom.